The quantitative estimate of drug-likeness (QED) is 0.632. The topological polar surface area (TPSA) is 85.3 Å². The molecule has 0 aliphatic carbocycles. The summed E-state index contributed by atoms with van der Waals surface area (Å²) in [5.74, 6) is 0.508. The molecule has 1 aliphatic heterocycles. The molecule has 8 heteroatoms. The van der Waals surface area contributed by atoms with Crippen LogP contribution in [0.25, 0.3) is 5.69 Å². The number of halogens is 1. The lowest BCUT2D eigenvalue weighted by molar-refractivity contribution is 0.135. The maximum Gasteiger partial charge on any atom is 0.350 e. The molecular formula is C21H22ClN5O2. The molecule has 0 radical (unpaired) electrons. The van der Waals surface area contributed by atoms with Crippen LogP contribution in [0.5, 0.6) is 0 Å². The molecule has 0 amide bonds. The molecule has 1 unspecified atom stereocenters. The maximum absolute atomic E-state index is 13.1. The van der Waals surface area contributed by atoms with E-state index in [2.05, 4.69) is 17.0 Å². The Labute approximate surface area is 173 Å². The van der Waals surface area contributed by atoms with Gasteiger partial charge in [0.25, 0.3) is 0 Å². The van der Waals surface area contributed by atoms with E-state index in [1.54, 1.807) is 12.1 Å². The van der Waals surface area contributed by atoms with Crippen molar-refractivity contribution in [3.63, 3.8) is 0 Å². The molecule has 150 valence electrons. The molecule has 2 aromatic heterocycles. The third kappa shape index (κ3) is 3.88. The van der Waals surface area contributed by atoms with Crippen LogP contribution < -0.4 is 5.69 Å². The zero-order valence-electron chi connectivity index (χ0n) is 16.1. The van der Waals surface area contributed by atoms with Crippen molar-refractivity contribution in [3.8, 4) is 5.69 Å². The van der Waals surface area contributed by atoms with Crippen molar-refractivity contribution >= 4 is 17.3 Å². The number of aliphatic imine (C=N–C) groups is 1. The van der Waals surface area contributed by atoms with Crippen LogP contribution in [0, 0.1) is 0 Å². The Balaban J connectivity index is 1.80. The molecule has 0 bridgehead atoms. The van der Waals surface area contributed by atoms with Crippen molar-refractivity contribution in [2.24, 2.45) is 4.99 Å². The van der Waals surface area contributed by atoms with Gasteiger partial charge in [-0.1, -0.05) is 61.7 Å². The lowest BCUT2D eigenvalue weighted by Gasteiger charge is -2.11. The summed E-state index contributed by atoms with van der Waals surface area (Å²) in [5.41, 5.74) is 2.37. The van der Waals surface area contributed by atoms with Crippen molar-refractivity contribution in [2.75, 3.05) is 0 Å². The first-order valence-corrected chi connectivity index (χ1v) is 10.1. The van der Waals surface area contributed by atoms with E-state index in [9.17, 15) is 9.90 Å². The van der Waals surface area contributed by atoms with Gasteiger partial charge >= 0.3 is 5.69 Å². The molecule has 0 fully saturated rings. The highest BCUT2D eigenvalue weighted by Crippen LogP contribution is 2.23. The number of benzene rings is 1. The van der Waals surface area contributed by atoms with Crippen LogP contribution in [-0.2, 0) is 13.1 Å². The molecule has 0 spiro atoms. The van der Waals surface area contributed by atoms with Crippen molar-refractivity contribution in [2.45, 2.75) is 45.4 Å². The second-order valence-electron chi connectivity index (χ2n) is 7.04. The van der Waals surface area contributed by atoms with Gasteiger partial charge in [0.2, 0.25) is 0 Å². The van der Waals surface area contributed by atoms with E-state index >= 15 is 0 Å². The molecule has 0 saturated carbocycles. The normalized spacial score (nSPS) is 14.0. The molecule has 1 aromatic carbocycles. The lowest BCUT2D eigenvalue weighted by atomic mass is 10.1. The minimum atomic E-state index is -0.613. The SMILES string of the molecule is CCCCC(O)Cn1nc2n(c1=O)-c1ccc(Cl)nc1C(c1ccccc1)=NC2. The van der Waals surface area contributed by atoms with Gasteiger partial charge in [-0.3, -0.25) is 4.99 Å². The average Bonchev–Trinajstić information content (AvgIpc) is 2.93. The van der Waals surface area contributed by atoms with Crippen molar-refractivity contribution < 1.29 is 5.11 Å². The Kier molecular flexibility index (Phi) is 5.60. The predicted molar refractivity (Wildman–Crippen MR) is 112 cm³/mol. The number of nitrogens with zero attached hydrogens (tertiary/aromatic N) is 5. The van der Waals surface area contributed by atoms with Gasteiger partial charge in [0.1, 0.15) is 17.4 Å². The zero-order chi connectivity index (χ0) is 20.4. The summed E-state index contributed by atoms with van der Waals surface area (Å²) in [6, 6.07) is 13.1. The Morgan fingerprint density at radius 2 is 2.00 bits per heavy atom. The Bertz CT molecular complexity index is 1100. The van der Waals surface area contributed by atoms with Crippen LogP contribution in [0.3, 0.4) is 0 Å². The van der Waals surface area contributed by atoms with E-state index in [1.807, 2.05) is 30.3 Å². The van der Waals surface area contributed by atoms with E-state index in [4.69, 9.17) is 16.6 Å². The number of unbranched alkanes of at least 4 members (excludes halogenated alkanes) is 1. The second-order valence-corrected chi connectivity index (χ2v) is 7.43. The largest absolute Gasteiger partial charge is 0.391 e. The number of aliphatic hydroxyl groups is 1. The number of rotatable bonds is 6. The van der Waals surface area contributed by atoms with Crippen LogP contribution in [-0.4, -0.2) is 36.3 Å². The van der Waals surface area contributed by atoms with Gasteiger partial charge in [0.05, 0.1) is 24.0 Å². The number of pyridine rings is 1. The first kappa shape index (κ1) is 19.5. The molecule has 4 rings (SSSR count). The average molecular weight is 412 g/mol. The minimum absolute atomic E-state index is 0.157. The Morgan fingerprint density at radius 3 is 2.76 bits per heavy atom. The minimum Gasteiger partial charge on any atom is -0.391 e. The predicted octanol–water partition coefficient (Wildman–Crippen LogP) is 2.98. The van der Waals surface area contributed by atoms with E-state index in [1.165, 1.54) is 9.25 Å². The van der Waals surface area contributed by atoms with Crippen LogP contribution in [0.2, 0.25) is 5.15 Å². The summed E-state index contributed by atoms with van der Waals surface area (Å²) in [5, 5.41) is 15.0. The molecule has 0 saturated heterocycles. The number of aromatic nitrogens is 4. The van der Waals surface area contributed by atoms with E-state index < -0.39 is 6.10 Å². The number of fused-ring (bicyclic) bond motifs is 3. The van der Waals surface area contributed by atoms with Crippen LogP contribution in [0.4, 0.5) is 0 Å². The first-order chi connectivity index (χ1) is 14.1. The molecule has 29 heavy (non-hydrogen) atoms. The molecule has 7 nitrogen and oxygen atoms in total. The second kappa shape index (κ2) is 8.31. The zero-order valence-corrected chi connectivity index (χ0v) is 16.9. The van der Waals surface area contributed by atoms with Gasteiger partial charge in [0.15, 0.2) is 5.82 Å². The number of hydrogen-bond donors (Lipinski definition) is 1. The fourth-order valence-corrected chi connectivity index (χ4v) is 3.63. The standard InChI is InChI=1S/C21H22ClN5O2/c1-2-3-9-15(28)13-26-21(29)27-16-10-11-17(22)24-20(16)19(23-12-18(27)25-26)14-7-5-4-6-8-14/h4-8,10-11,15,28H,2-3,9,12-13H2,1H3. The summed E-state index contributed by atoms with van der Waals surface area (Å²) in [6.45, 7) is 2.45. The van der Waals surface area contributed by atoms with Crippen LogP contribution >= 0.6 is 11.6 Å². The maximum atomic E-state index is 13.1. The van der Waals surface area contributed by atoms with Gasteiger partial charge < -0.3 is 5.11 Å². The highest BCUT2D eigenvalue weighted by Gasteiger charge is 2.25. The molecule has 1 N–H and O–H groups in total. The molecule has 1 aliphatic rings. The summed E-state index contributed by atoms with van der Waals surface area (Å²) < 4.78 is 2.84. The fraction of sp³-hybridized carbons (Fsp3) is 0.333. The summed E-state index contributed by atoms with van der Waals surface area (Å²) in [7, 11) is 0. The Morgan fingerprint density at radius 1 is 1.21 bits per heavy atom. The van der Waals surface area contributed by atoms with Gasteiger partial charge in [-0.05, 0) is 18.6 Å². The van der Waals surface area contributed by atoms with Gasteiger partial charge in [-0.2, -0.15) is 5.10 Å². The smallest absolute Gasteiger partial charge is 0.350 e. The molecule has 1 atom stereocenters. The van der Waals surface area contributed by atoms with Gasteiger partial charge in [-0.15, -0.1) is 0 Å². The third-order valence-electron chi connectivity index (χ3n) is 4.91. The summed E-state index contributed by atoms with van der Waals surface area (Å²) >= 11 is 6.16. The van der Waals surface area contributed by atoms with Gasteiger partial charge in [0, 0.05) is 5.56 Å². The summed E-state index contributed by atoms with van der Waals surface area (Å²) in [6.07, 6.45) is 1.91. The van der Waals surface area contributed by atoms with E-state index in [0.29, 0.717) is 34.5 Å². The lowest BCUT2D eigenvalue weighted by Crippen LogP contribution is -2.29. The Hall–Kier alpha value is -2.77. The van der Waals surface area contributed by atoms with E-state index in [-0.39, 0.29) is 18.8 Å². The molecule has 3 aromatic rings. The monoisotopic (exact) mass is 411 g/mol. The highest BCUT2D eigenvalue weighted by molar-refractivity contribution is 6.29. The summed E-state index contributed by atoms with van der Waals surface area (Å²) in [4.78, 5) is 22.3. The van der Waals surface area contributed by atoms with Crippen LogP contribution in [0.15, 0.2) is 52.3 Å². The number of aliphatic hydroxyl groups excluding tert-OH is 1. The third-order valence-corrected chi connectivity index (χ3v) is 5.12. The molecule has 3 heterocycles. The first-order valence-electron chi connectivity index (χ1n) is 9.72. The fourth-order valence-electron chi connectivity index (χ4n) is 3.48. The number of hydrogen-bond acceptors (Lipinski definition) is 5. The van der Waals surface area contributed by atoms with Gasteiger partial charge in [-0.25, -0.2) is 19.0 Å². The van der Waals surface area contributed by atoms with Crippen molar-refractivity contribution in [1.29, 1.82) is 0 Å². The van der Waals surface area contributed by atoms with Crippen molar-refractivity contribution in [1.82, 2.24) is 19.3 Å². The van der Waals surface area contributed by atoms with Crippen molar-refractivity contribution in [3.05, 3.63) is 75.2 Å². The highest BCUT2D eigenvalue weighted by atomic mass is 35.5. The van der Waals surface area contributed by atoms with Crippen LogP contribution in [0.1, 0.15) is 43.3 Å². The van der Waals surface area contributed by atoms with E-state index in [0.717, 1.165) is 18.4 Å². The molecular weight excluding hydrogens is 390 g/mol.